The van der Waals surface area contributed by atoms with E-state index in [0.717, 1.165) is 55.1 Å². The molecule has 0 unspecified atom stereocenters. The molecule has 0 bridgehead atoms. The number of likely N-dealkylation sites (tertiary alicyclic amines) is 1. The Bertz CT molecular complexity index is 1110. The van der Waals surface area contributed by atoms with Gasteiger partial charge in [-0.25, -0.2) is 8.78 Å². The summed E-state index contributed by atoms with van der Waals surface area (Å²) < 4.78 is 27.3. The third kappa shape index (κ3) is 6.02. The minimum atomic E-state index is -0.751. The number of piperidine rings is 1. The van der Waals surface area contributed by atoms with Crippen molar-refractivity contribution in [2.24, 2.45) is 0 Å². The van der Waals surface area contributed by atoms with Crippen LogP contribution < -0.4 is 10.2 Å². The van der Waals surface area contributed by atoms with Crippen molar-refractivity contribution in [3.8, 4) is 0 Å². The molecule has 0 aliphatic carbocycles. The van der Waals surface area contributed by atoms with Gasteiger partial charge >= 0.3 is 0 Å². The zero-order chi connectivity index (χ0) is 26.2. The Morgan fingerprint density at radius 1 is 1.19 bits per heavy atom. The number of nitrogens with zero attached hydrogens (tertiary/aromatic N) is 4. The van der Waals surface area contributed by atoms with Gasteiger partial charge in [-0.05, 0) is 62.1 Å². The highest BCUT2D eigenvalue weighted by Crippen LogP contribution is 2.39. The summed E-state index contributed by atoms with van der Waals surface area (Å²) in [4.78, 5) is 25.0. The van der Waals surface area contributed by atoms with Gasteiger partial charge < -0.3 is 10.2 Å². The molecule has 3 aliphatic rings. The van der Waals surface area contributed by atoms with Gasteiger partial charge in [0.25, 0.3) is 0 Å². The fourth-order valence-corrected chi connectivity index (χ4v) is 6.06. The van der Waals surface area contributed by atoms with E-state index in [0.29, 0.717) is 38.5 Å². The van der Waals surface area contributed by atoms with Crippen LogP contribution in [0, 0.1) is 5.82 Å². The van der Waals surface area contributed by atoms with Gasteiger partial charge in [0.2, 0.25) is 5.91 Å². The minimum absolute atomic E-state index is 0.0775. The summed E-state index contributed by atoms with van der Waals surface area (Å²) in [5.74, 6) is -0.173. The van der Waals surface area contributed by atoms with Crippen molar-refractivity contribution < 1.29 is 13.6 Å². The minimum Gasteiger partial charge on any atom is -0.311 e. The summed E-state index contributed by atoms with van der Waals surface area (Å²) in [7, 11) is 0. The molecule has 3 atom stereocenters. The van der Waals surface area contributed by atoms with Gasteiger partial charge in [0.15, 0.2) is 0 Å². The van der Waals surface area contributed by atoms with Gasteiger partial charge in [-0.1, -0.05) is 26.0 Å². The number of amides is 1. The average Bonchev–Trinajstić information content (AvgIpc) is 3.12. The zero-order valence-electron chi connectivity index (χ0n) is 22.2. The van der Waals surface area contributed by atoms with Crippen LogP contribution in [-0.2, 0) is 16.6 Å². The maximum Gasteiger partial charge on any atom is 0.241 e. The lowest BCUT2D eigenvalue weighted by Gasteiger charge is -2.42. The van der Waals surface area contributed by atoms with E-state index in [9.17, 15) is 13.6 Å². The van der Waals surface area contributed by atoms with Crippen molar-refractivity contribution in [3.05, 3.63) is 59.2 Å². The second-order valence-electron chi connectivity index (χ2n) is 11.8. The number of pyridine rings is 1. The number of hydrogen-bond acceptors (Lipinski definition) is 5. The molecule has 2 aromatic rings. The Balaban J connectivity index is 1.32. The van der Waals surface area contributed by atoms with Crippen LogP contribution in [0.2, 0.25) is 0 Å². The lowest BCUT2D eigenvalue weighted by atomic mass is 9.91. The summed E-state index contributed by atoms with van der Waals surface area (Å²) in [6.45, 7) is 11.1. The molecule has 1 amide bonds. The number of carbonyl (C=O) groups is 1. The predicted molar refractivity (Wildman–Crippen MR) is 142 cm³/mol. The Hall–Kier alpha value is -2.42. The molecule has 3 aliphatic heterocycles. The number of alkyl halides is 1. The summed E-state index contributed by atoms with van der Waals surface area (Å²) >= 11 is 0. The van der Waals surface area contributed by atoms with Crippen molar-refractivity contribution in [2.75, 3.05) is 50.7 Å². The second-order valence-corrected chi connectivity index (χ2v) is 11.8. The molecule has 2 fully saturated rings. The standard InChI is InChI=1S/C29H39F2N5O/c1-20-15-35(25(14-32-20)17-34-10-4-5-24(31)16-34)18-27(37)36-19-29(2,3)28-26(36)12-22(13-33-28)11-21-6-8-23(30)9-7-21/h6-9,12-13,20,24-25,32H,4-5,10-11,14-19H2,1-3H3/t20-,24-,25-/m1/s1. The number of benzene rings is 1. The van der Waals surface area contributed by atoms with Crippen LogP contribution in [0.4, 0.5) is 14.5 Å². The topological polar surface area (TPSA) is 51.7 Å². The quantitative estimate of drug-likeness (QED) is 0.643. The Labute approximate surface area is 219 Å². The number of rotatable bonds is 6. The van der Waals surface area contributed by atoms with E-state index in [2.05, 4.69) is 42.0 Å². The molecular formula is C29H39F2N5O. The highest BCUT2D eigenvalue weighted by molar-refractivity contribution is 5.97. The van der Waals surface area contributed by atoms with Crippen LogP contribution in [0.15, 0.2) is 36.5 Å². The maximum atomic E-state index is 14.0. The first-order valence-corrected chi connectivity index (χ1v) is 13.6. The van der Waals surface area contributed by atoms with Crippen molar-refractivity contribution in [1.29, 1.82) is 0 Å². The first-order chi connectivity index (χ1) is 17.7. The van der Waals surface area contributed by atoms with Gasteiger partial charge in [-0.2, -0.15) is 0 Å². The molecule has 5 rings (SSSR count). The van der Waals surface area contributed by atoms with E-state index in [1.165, 1.54) is 12.1 Å². The molecule has 0 saturated carbocycles. The molecule has 200 valence electrons. The predicted octanol–water partition coefficient (Wildman–Crippen LogP) is 3.53. The molecule has 6 nitrogen and oxygen atoms in total. The summed E-state index contributed by atoms with van der Waals surface area (Å²) in [5.41, 5.74) is 3.59. The van der Waals surface area contributed by atoms with Crippen molar-refractivity contribution in [1.82, 2.24) is 20.1 Å². The molecule has 37 heavy (non-hydrogen) atoms. The summed E-state index contributed by atoms with van der Waals surface area (Å²) in [6, 6.07) is 9.05. The number of fused-ring (bicyclic) bond motifs is 1. The molecule has 1 aromatic carbocycles. The smallest absolute Gasteiger partial charge is 0.241 e. The molecule has 1 aromatic heterocycles. The molecule has 1 N–H and O–H groups in total. The van der Waals surface area contributed by atoms with E-state index < -0.39 is 6.17 Å². The van der Waals surface area contributed by atoms with Gasteiger partial charge in [0, 0.05) is 56.4 Å². The Morgan fingerprint density at radius 2 is 1.97 bits per heavy atom. The van der Waals surface area contributed by atoms with Crippen molar-refractivity contribution in [2.45, 2.75) is 63.7 Å². The molecular weight excluding hydrogens is 472 g/mol. The number of nitrogens with one attached hydrogen (secondary N) is 1. The molecule has 0 radical (unpaired) electrons. The van der Waals surface area contributed by atoms with E-state index in [4.69, 9.17) is 4.98 Å². The maximum absolute atomic E-state index is 14.0. The van der Waals surface area contributed by atoms with Crippen molar-refractivity contribution in [3.63, 3.8) is 0 Å². The third-order valence-corrected chi connectivity index (χ3v) is 8.01. The highest BCUT2D eigenvalue weighted by atomic mass is 19.1. The summed E-state index contributed by atoms with van der Waals surface area (Å²) in [6.07, 6.45) is 3.30. The van der Waals surface area contributed by atoms with Crippen LogP contribution in [0.1, 0.15) is 50.4 Å². The average molecular weight is 512 g/mol. The number of piperazine rings is 1. The Morgan fingerprint density at radius 3 is 2.73 bits per heavy atom. The summed E-state index contributed by atoms with van der Waals surface area (Å²) in [5, 5.41) is 3.55. The SMILES string of the molecule is C[C@@H]1CN(CC(=O)N2CC(C)(C)c3ncc(Cc4ccc(F)cc4)cc32)[C@@H](CN2CCC[C@@H](F)C2)CN1. The van der Waals surface area contributed by atoms with Gasteiger partial charge in [-0.15, -0.1) is 0 Å². The number of aromatic nitrogens is 1. The lowest BCUT2D eigenvalue weighted by molar-refractivity contribution is -0.120. The first kappa shape index (κ1) is 26.2. The fraction of sp³-hybridized carbons (Fsp3) is 0.586. The molecule has 2 saturated heterocycles. The van der Waals surface area contributed by atoms with E-state index in [1.54, 1.807) is 12.1 Å². The van der Waals surface area contributed by atoms with Crippen LogP contribution >= 0.6 is 0 Å². The monoisotopic (exact) mass is 511 g/mol. The molecule has 0 spiro atoms. The highest BCUT2D eigenvalue weighted by Gasteiger charge is 2.41. The zero-order valence-corrected chi connectivity index (χ0v) is 22.2. The molecule has 8 heteroatoms. The first-order valence-electron chi connectivity index (χ1n) is 13.6. The van der Waals surface area contributed by atoms with Crippen LogP contribution in [0.25, 0.3) is 0 Å². The normalized spacial score (nSPS) is 26.3. The van der Waals surface area contributed by atoms with E-state index >= 15 is 0 Å². The van der Waals surface area contributed by atoms with E-state index in [-0.39, 0.29) is 23.2 Å². The van der Waals surface area contributed by atoms with Gasteiger partial charge in [0.05, 0.1) is 17.9 Å². The number of anilines is 1. The number of halogens is 2. The largest absolute Gasteiger partial charge is 0.311 e. The second kappa shape index (κ2) is 10.8. The van der Waals surface area contributed by atoms with Crippen molar-refractivity contribution >= 4 is 11.6 Å². The Kier molecular flexibility index (Phi) is 7.61. The van der Waals surface area contributed by atoms with Gasteiger partial charge in [0.1, 0.15) is 12.0 Å². The molecule has 4 heterocycles. The van der Waals surface area contributed by atoms with Gasteiger partial charge in [-0.3, -0.25) is 19.6 Å². The van der Waals surface area contributed by atoms with Crippen LogP contribution in [0.5, 0.6) is 0 Å². The fourth-order valence-electron chi connectivity index (χ4n) is 6.06. The van der Waals surface area contributed by atoms with Crippen LogP contribution in [-0.4, -0.2) is 84.8 Å². The van der Waals surface area contributed by atoms with E-state index in [1.807, 2.05) is 11.1 Å². The number of hydrogen-bond donors (Lipinski definition) is 1. The third-order valence-electron chi connectivity index (χ3n) is 8.01. The lowest BCUT2D eigenvalue weighted by Crippen LogP contribution is -2.61. The van der Waals surface area contributed by atoms with Crippen LogP contribution in [0.3, 0.4) is 0 Å². The number of carbonyl (C=O) groups excluding carboxylic acids is 1.